The Morgan fingerprint density at radius 1 is 0.904 bits per heavy atom. The molecule has 0 radical (unpaired) electrons. The highest BCUT2D eigenvalue weighted by atomic mass is 32.2. The van der Waals surface area contributed by atoms with Crippen molar-refractivity contribution in [2.45, 2.75) is 74.5 Å². The van der Waals surface area contributed by atoms with Gasteiger partial charge in [0.2, 0.25) is 11.8 Å². The number of thioether (sulfide) groups is 1. The maximum atomic E-state index is 15.0. The predicted molar refractivity (Wildman–Crippen MR) is 201 cm³/mol. The van der Waals surface area contributed by atoms with Gasteiger partial charge in [0.1, 0.15) is 28.8 Å². The first-order chi connectivity index (χ1) is 25.3. The van der Waals surface area contributed by atoms with E-state index in [2.05, 4.69) is 47.4 Å². The number of hydrogen-bond acceptors (Lipinski definition) is 11. The van der Waals surface area contributed by atoms with Crippen LogP contribution in [0, 0.1) is 11.7 Å². The van der Waals surface area contributed by atoms with Crippen molar-refractivity contribution in [2.75, 3.05) is 69.2 Å². The van der Waals surface area contributed by atoms with E-state index in [4.69, 9.17) is 4.74 Å². The molecule has 1 atom stereocenters. The second kappa shape index (κ2) is 17.0. The number of aromatic nitrogens is 2. The van der Waals surface area contributed by atoms with Crippen LogP contribution in [0.25, 0.3) is 10.9 Å². The number of aliphatic hydroxyl groups is 1. The lowest BCUT2D eigenvalue weighted by Gasteiger charge is -2.38. The van der Waals surface area contributed by atoms with E-state index in [0.717, 1.165) is 96.6 Å². The number of amides is 2. The molecular formula is C38H50FN7O5S. The smallest absolute Gasteiger partial charge is 0.261 e. The van der Waals surface area contributed by atoms with Gasteiger partial charge in [-0.3, -0.25) is 24.6 Å². The summed E-state index contributed by atoms with van der Waals surface area (Å²) in [5.41, 5.74) is 1.90. The summed E-state index contributed by atoms with van der Waals surface area (Å²) in [4.78, 5) is 51.0. The zero-order valence-electron chi connectivity index (χ0n) is 29.7. The Bertz CT molecular complexity index is 1750. The van der Waals surface area contributed by atoms with E-state index in [1.54, 1.807) is 17.8 Å². The number of aliphatic hydroxyl groups excluding tert-OH is 1. The molecule has 4 fully saturated rings. The van der Waals surface area contributed by atoms with E-state index in [1.165, 1.54) is 11.8 Å². The van der Waals surface area contributed by atoms with E-state index in [1.807, 2.05) is 12.1 Å². The SMILES string of the molecule is O=C1CCC(Nc2ccc(N3CCN(CCN4CCC(COc5cc(F)c6c(=O)[nH]c(CSC7CCC(O)CC7)nc6c5)CC4)CC3)cc2)C(=O)N1. The zero-order chi connectivity index (χ0) is 36.0. The Balaban J connectivity index is 0.810. The average molecular weight is 736 g/mol. The number of imide groups is 1. The number of ether oxygens (including phenoxy) is 1. The van der Waals surface area contributed by atoms with Gasteiger partial charge in [-0.05, 0) is 88.2 Å². The topological polar surface area (TPSA) is 143 Å². The summed E-state index contributed by atoms with van der Waals surface area (Å²) in [7, 11) is 0. The van der Waals surface area contributed by atoms with Crippen LogP contribution in [0.3, 0.4) is 0 Å². The van der Waals surface area contributed by atoms with Gasteiger partial charge in [0.05, 0.1) is 24.0 Å². The van der Waals surface area contributed by atoms with Gasteiger partial charge in [-0.1, -0.05) is 0 Å². The Labute approximate surface area is 307 Å². The lowest BCUT2D eigenvalue weighted by Crippen LogP contribution is -2.49. The fourth-order valence-corrected chi connectivity index (χ4v) is 8.85. The quantitative estimate of drug-likeness (QED) is 0.202. The van der Waals surface area contributed by atoms with Crippen LogP contribution in [0.1, 0.15) is 57.2 Å². The molecule has 52 heavy (non-hydrogen) atoms. The summed E-state index contributed by atoms with van der Waals surface area (Å²) in [6, 6.07) is 10.8. The molecule has 1 aliphatic carbocycles. The molecule has 1 saturated carbocycles. The minimum absolute atomic E-state index is 0.0353. The van der Waals surface area contributed by atoms with Crippen LogP contribution in [0.5, 0.6) is 5.75 Å². The number of H-pyrrole nitrogens is 1. The van der Waals surface area contributed by atoms with Crippen molar-refractivity contribution in [1.29, 1.82) is 0 Å². The molecule has 0 bridgehead atoms. The third-order valence-electron chi connectivity index (χ3n) is 11.0. The Morgan fingerprint density at radius 2 is 1.62 bits per heavy atom. The molecule has 14 heteroatoms. The Kier molecular flexibility index (Phi) is 11.9. The number of piperazine rings is 1. The zero-order valence-corrected chi connectivity index (χ0v) is 30.5. The van der Waals surface area contributed by atoms with Gasteiger partial charge in [-0.15, -0.1) is 0 Å². The fourth-order valence-electron chi connectivity index (χ4n) is 7.71. The normalized spacial score (nSPS) is 23.9. The predicted octanol–water partition coefficient (Wildman–Crippen LogP) is 3.73. The number of carbonyl (C=O) groups is 2. The van der Waals surface area contributed by atoms with Gasteiger partial charge >= 0.3 is 0 Å². The van der Waals surface area contributed by atoms with E-state index < -0.39 is 11.4 Å². The number of halogens is 1. The second-order valence-electron chi connectivity index (χ2n) is 14.7. The summed E-state index contributed by atoms with van der Waals surface area (Å²) in [6.45, 7) is 8.55. The molecule has 4 N–H and O–H groups in total. The molecule has 0 spiro atoms. The van der Waals surface area contributed by atoms with Gasteiger partial charge < -0.3 is 29.9 Å². The van der Waals surface area contributed by atoms with Gasteiger partial charge in [-0.25, -0.2) is 9.37 Å². The van der Waals surface area contributed by atoms with Crippen LogP contribution >= 0.6 is 11.8 Å². The molecule has 3 aliphatic heterocycles. The lowest BCUT2D eigenvalue weighted by atomic mass is 9.97. The summed E-state index contributed by atoms with van der Waals surface area (Å²) in [6.07, 6.45) is 6.20. The van der Waals surface area contributed by atoms with Crippen molar-refractivity contribution in [1.82, 2.24) is 25.1 Å². The van der Waals surface area contributed by atoms with Crippen molar-refractivity contribution in [3.8, 4) is 5.75 Å². The molecule has 3 saturated heterocycles. The molecule has 12 nitrogen and oxygen atoms in total. The van der Waals surface area contributed by atoms with Crippen LogP contribution < -0.4 is 25.8 Å². The first-order valence-electron chi connectivity index (χ1n) is 18.8. The molecule has 1 aromatic heterocycles. The van der Waals surface area contributed by atoms with E-state index in [-0.39, 0.29) is 29.3 Å². The highest BCUT2D eigenvalue weighted by Crippen LogP contribution is 2.31. The van der Waals surface area contributed by atoms with Gasteiger partial charge in [0, 0.05) is 74.4 Å². The third-order valence-corrected chi connectivity index (χ3v) is 12.4. The maximum Gasteiger partial charge on any atom is 0.261 e. The molecule has 4 aliphatic rings. The first kappa shape index (κ1) is 36.6. The van der Waals surface area contributed by atoms with Crippen molar-refractivity contribution >= 4 is 45.9 Å². The Hall–Kier alpha value is -3.72. The summed E-state index contributed by atoms with van der Waals surface area (Å²) < 4.78 is 21.1. The summed E-state index contributed by atoms with van der Waals surface area (Å²) in [5, 5.41) is 15.8. The number of anilines is 2. The van der Waals surface area contributed by atoms with Gasteiger partial charge in [-0.2, -0.15) is 11.8 Å². The highest BCUT2D eigenvalue weighted by Gasteiger charge is 2.27. The van der Waals surface area contributed by atoms with Gasteiger partial charge in [0.15, 0.2) is 0 Å². The number of nitrogens with zero attached hydrogens (tertiary/aromatic N) is 4. The van der Waals surface area contributed by atoms with Crippen LogP contribution in [0.2, 0.25) is 0 Å². The minimum atomic E-state index is -0.616. The number of carbonyl (C=O) groups excluding carboxylic acids is 2. The molecule has 7 rings (SSSR count). The van der Waals surface area contributed by atoms with Crippen LogP contribution in [0.4, 0.5) is 15.8 Å². The molecule has 280 valence electrons. The van der Waals surface area contributed by atoms with E-state index in [9.17, 15) is 19.5 Å². The molecule has 4 heterocycles. The molecule has 1 unspecified atom stereocenters. The van der Waals surface area contributed by atoms with Crippen molar-refractivity contribution in [2.24, 2.45) is 5.92 Å². The standard InChI is InChI=1S/C38H50FN7O5S/c39-31-21-29(22-33-36(31)38(50)42-34(41-33)24-52-30-7-5-28(47)6-8-30)51-23-25-11-13-44(14-12-25)15-16-45-17-19-46(20-18-45)27-3-1-26(2-4-27)40-32-9-10-35(48)43-37(32)49/h1-4,21-22,25,28,30,32,40,47H,5-20,23-24H2,(H,41,42,50)(H,43,48,49). The first-order valence-corrected chi connectivity index (χ1v) is 19.9. The monoisotopic (exact) mass is 735 g/mol. The van der Waals surface area contributed by atoms with Crippen LogP contribution in [-0.2, 0) is 15.3 Å². The number of piperidine rings is 2. The number of fused-ring (bicyclic) bond motifs is 1. The number of rotatable bonds is 12. The third kappa shape index (κ3) is 9.44. The lowest BCUT2D eigenvalue weighted by molar-refractivity contribution is -0.133. The number of benzene rings is 2. The minimum Gasteiger partial charge on any atom is -0.493 e. The maximum absolute atomic E-state index is 15.0. The van der Waals surface area contributed by atoms with Crippen molar-refractivity contribution in [3.05, 3.63) is 58.4 Å². The molecular weight excluding hydrogens is 686 g/mol. The van der Waals surface area contributed by atoms with E-state index >= 15 is 4.39 Å². The van der Waals surface area contributed by atoms with Crippen molar-refractivity contribution < 1.29 is 23.8 Å². The molecule has 2 aromatic carbocycles. The number of likely N-dealkylation sites (tertiary alicyclic amines) is 1. The fraction of sp³-hybridized carbons (Fsp3) is 0.579. The number of hydrogen-bond donors (Lipinski definition) is 4. The van der Waals surface area contributed by atoms with Crippen molar-refractivity contribution in [3.63, 3.8) is 0 Å². The summed E-state index contributed by atoms with van der Waals surface area (Å²) in [5.74, 6) is 0.777. The highest BCUT2D eigenvalue weighted by molar-refractivity contribution is 7.99. The van der Waals surface area contributed by atoms with Gasteiger partial charge in [0.25, 0.3) is 5.56 Å². The largest absolute Gasteiger partial charge is 0.493 e. The molecule has 3 aromatic rings. The van der Waals surface area contributed by atoms with Crippen LogP contribution in [0.15, 0.2) is 41.2 Å². The summed E-state index contributed by atoms with van der Waals surface area (Å²) >= 11 is 1.73. The number of aromatic amines is 1. The van der Waals surface area contributed by atoms with E-state index in [0.29, 0.717) is 53.5 Å². The average Bonchev–Trinajstić information content (AvgIpc) is 3.15. The molecule has 2 amide bonds. The number of nitrogens with one attached hydrogen (secondary N) is 3. The second-order valence-corrected chi connectivity index (χ2v) is 16.0. The van der Waals surface area contributed by atoms with Crippen LogP contribution in [-0.4, -0.2) is 113 Å². The Morgan fingerprint density at radius 3 is 2.33 bits per heavy atom.